The zero-order valence-corrected chi connectivity index (χ0v) is 26.6. The molecule has 0 aliphatic rings. The zero-order valence-electron chi connectivity index (χ0n) is 26.6. The Labute approximate surface area is 241 Å². The molecule has 0 radical (unpaired) electrons. The molecule has 1 aromatic heterocycles. The summed E-state index contributed by atoms with van der Waals surface area (Å²) >= 11 is 0. The number of ketones is 1. The lowest BCUT2D eigenvalue weighted by Crippen LogP contribution is -2.20. The second-order valence-electron chi connectivity index (χ2n) is 11.0. The zero-order chi connectivity index (χ0) is 31.0. The van der Waals surface area contributed by atoms with Crippen molar-refractivity contribution in [2.75, 3.05) is 20.3 Å². The minimum atomic E-state index is -0.613. The number of Topliss-reactive ketones (excluding diaryl/α,β-unsaturated/α-hetero) is 1. The van der Waals surface area contributed by atoms with E-state index in [2.05, 4.69) is 4.57 Å². The molecule has 0 spiro atoms. The van der Waals surface area contributed by atoms with E-state index in [1.807, 2.05) is 92.7 Å². The predicted octanol–water partition coefficient (Wildman–Crippen LogP) is 6.09. The van der Waals surface area contributed by atoms with E-state index in [0.29, 0.717) is 26.3 Å². The minimum absolute atomic E-state index is 0.00560. The summed E-state index contributed by atoms with van der Waals surface area (Å²) in [4.78, 5) is 28.0. The Balaban J connectivity index is 0.000000916. The first-order valence-corrected chi connectivity index (χ1v) is 14.1. The van der Waals surface area contributed by atoms with Gasteiger partial charge in [0.1, 0.15) is 5.82 Å². The highest BCUT2D eigenvalue weighted by Gasteiger charge is 2.16. The standard InChI is InChI=1S/C21H29N3O2.C9H18O3.C2H6/c1-6-17(11-15(4)20(25)14(2)3)21-23-18-12-16(13-22)7-8-19(18)24(21)9-10-26-5;1-7(10)5-8(11)12-6-9(2,3)4;1-2/h6-8,11-12,14H,9-10,13,22H2,1-5H3;7,10H,5-6H2,1-4H3;1-2H3/b15-11-,17-6+;;. The molecule has 1 heterocycles. The summed E-state index contributed by atoms with van der Waals surface area (Å²) in [5.74, 6) is 0.627. The van der Waals surface area contributed by atoms with Crippen molar-refractivity contribution in [3.05, 3.63) is 47.3 Å². The number of carbonyl (C=O) groups excluding carboxylic acids is 2. The highest BCUT2D eigenvalue weighted by molar-refractivity contribution is 5.98. The van der Waals surface area contributed by atoms with Crippen molar-refractivity contribution in [1.82, 2.24) is 9.55 Å². The first-order chi connectivity index (χ1) is 18.7. The Morgan fingerprint density at radius 3 is 2.27 bits per heavy atom. The molecule has 0 saturated heterocycles. The predicted molar refractivity (Wildman–Crippen MR) is 165 cm³/mol. The van der Waals surface area contributed by atoms with Gasteiger partial charge >= 0.3 is 5.97 Å². The number of aromatic nitrogens is 2. The molecule has 1 unspecified atom stereocenters. The summed E-state index contributed by atoms with van der Waals surface area (Å²) < 4.78 is 12.3. The largest absolute Gasteiger partial charge is 0.465 e. The van der Waals surface area contributed by atoms with Crippen LogP contribution in [0.1, 0.15) is 87.0 Å². The number of nitrogens with two attached hydrogens (primary N) is 1. The third-order valence-electron chi connectivity index (χ3n) is 5.55. The molecule has 0 bridgehead atoms. The van der Waals surface area contributed by atoms with Gasteiger partial charge in [0.05, 0.1) is 36.8 Å². The third kappa shape index (κ3) is 13.0. The maximum absolute atomic E-state index is 12.3. The number of fused-ring (bicyclic) bond motifs is 1. The first kappa shape index (κ1) is 37.2. The van der Waals surface area contributed by atoms with E-state index in [9.17, 15) is 9.59 Å². The van der Waals surface area contributed by atoms with Gasteiger partial charge < -0.3 is 24.9 Å². The van der Waals surface area contributed by atoms with Gasteiger partial charge in [-0.2, -0.15) is 0 Å². The molecule has 226 valence electrons. The second kappa shape index (κ2) is 18.5. The number of esters is 1. The fourth-order valence-electron chi connectivity index (χ4n) is 3.57. The molecule has 3 N–H and O–H groups in total. The first-order valence-electron chi connectivity index (χ1n) is 14.1. The molecular formula is C32H53N3O5. The van der Waals surface area contributed by atoms with Gasteiger partial charge in [0, 0.05) is 31.7 Å². The van der Waals surface area contributed by atoms with Crippen molar-refractivity contribution >= 4 is 28.4 Å². The van der Waals surface area contributed by atoms with Gasteiger partial charge in [-0.15, -0.1) is 0 Å². The van der Waals surface area contributed by atoms with Gasteiger partial charge in [-0.25, -0.2) is 4.98 Å². The van der Waals surface area contributed by atoms with Crippen LogP contribution in [0.4, 0.5) is 0 Å². The SMILES string of the molecule is C/C=C(\C=C(\C)C(=O)C(C)C)c1nc2cc(CN)ccc2n1CCOC.CC.CC(O)CC(=O)OCC(C)(C)C. The molecule has 1 aromatic carbocycles. The lowest BCUT2D eigenvalue weighted by molar-refractivity contribution is -0.148. The molecule has 40 heavy (non-hydrogen) atoms. The summed E-state index contributed by atoms with van der Waals surface area (Å²) in [6.07, 6.45) is 3.38. The van der Waals surface area contributed by atoms with Gasteiger partial charge in [-0.3, -0.25) is 9.59 Å². The fraction of sp³-hybridized carbons (Fsp3) is 0.594. The number of carbonyl (C=O) groups is 2. The number of hydrogen-bond donors (Lipinski definition) is 2. The molecule has 0 aliphatic carbocycles. The van der Waals surface area contributed by atoms with Crippen LogP contribution in [-0.4, -0.2) is 52.8 Å². The van der Waals surface area contributed by atoms with Crippen LogP contribution in [-0.2, 0) is 32.2 Å². The van der Waals surface area contributed by atoms with E-state index in [4.69, 9.17) is 25.3 Å². The normalized spacial score (nSPS) is 12.8. The summed E-state index contributed by atoms with van der Waals surface area (Å²) in [6.45, 7) is 21.3. The van der Waals surface area contributed by atoms with Crippen LogP contribution >= 0.6 is 0 Å². The van der Waals surface area contributed by atoms with Crippen LogP contribution in [0.5, 0.6) is 0 Å². The molecule has 0 saturated carbocycles. The highest BCUT2D eigenvalue weighted by atomic mass is 16.5. The molecule has 2 aromatic rings. The number of imidazole rings is 1. The van der Waals surface area contributed by atoms with Gasteiger partial charge in [-0.05, 0) is 55.5 Å². The van der Waals surface area contributed by atoms with E-state index >= 15 is 0 Å². The third-order valence-corrected chi connectivity index (χ3v) is 5.55. The summed E-state index contributed by atoms with van der Waals surface area (Å²) in [6, 6.07) is 6.09. The maximum atomic E-state index is 12.3. The van der Waals surface area contributed by atoms with Crippen LogP contribution < -0.4 is 5.73 Å². The quantitative estimate of drug-likeness (QED) is 0.194. The molecule has 0 amide bonds. The molecule has 2 rings (SSSR count). The minimum Gasteiger partial charge on any atom is -0.465 e. The molecule has 0 fully saturated rings. The fourth-order valence-corrected chi connectivity index (χ4v) is 3.57. The summed E-state index contributed by atoms with van der Waals surface area (Å²) in [5, 5.41) is 8.85. The molecule has 1 atom stereocenters. The van der Waals surface area contributed by atoms with E-state index in [0.717, 1.165) is 33.6 Å². The number of nitrogens with zero attached hydrogens (tertiary/aromatic N) is 2. The lowest BCUT2D eigenvalue weighted by atomic mass is 9.99. The number of rotatable bonds is 11. The second-order valence-corrected chi connectivity index (χ2v) is 11.0. The average Bonchev–Trinajstić information content (AvgIpc) is 3.26. The molecular weight excluding hydrogens is 506 g/mol. The Kier molecular flexibility index (Phi) is 17.2. The number of aliphatic hydroxyl groups excluding tert-OH is 1. The van der Waals surface area contributed by atoms with E-state index in [1.54, 1.807) is 14.0 Å². The molecule has 8 nitrogen and oxygen atoms in total. The van der Waals surface area contributed by atoms with Crippen molar-refractivity contribution in [2.45, 2.75) is 94.9 Å². The van der Waals surface area contributed by atoms with Crippen molar-refractivity contribution < 1.29 is 24.2 Å². The van der Waals surface area contributed by atoms with Crippen LogP contribution in [0.15, 0.2) is 35.9 Å². The van der Waals surface area contributed by atoms with Gasteiger partial charge in [0.15, 0.2) is 5.78 Å². The number of benzene rings is 1. The Bertz CT molecular complexity index is 1120. The van der Waals surface area contributed by atoms with Crippen molar-refractivity contribution in [3.8, 4) is 0 Å². The van der Waals surface area contributed by atoms with Crippen LogP contribution in [0.2, 0.25) is 0 Å². The van der Waals surface area contributed by atoms with E-state index < -0.39 is 6.10 Å². The van der Waals surface area contributed by atoms with E-state index in [1.165, 1.54) is 0 Å². The highest BCUT2D eigenvalue weighted by Crippen LogP contribution is 2.25. The number of ether oxygens (including phenoxy) is 2. The topological polar surface area (TPSA) is 117 Å². The van der Waals surface area contributed by atoms with E-state index in [-0.39, 0.29) is 29.5 Å². The molecule has 0 aliphatic heterocycles. The average molecular weight is 560 g/mol. The number of aliphatic hydroxyl groups is 1. The number of methoxy groups -OCH3 is 1. The maximum Gasteiger partial charge on any atom is 0.308 e. The van der Waals surface area contributed by atoms with Crippen LogP contribution in [0.3, 0.4) is 0 Å². The summed E-state index contributed by atoms with van der Waals surface area (Å²) in [5.41, 5.74) is 10.4. The van der Waals surface area contributed by atoms with Crippen molar-refractivity contribution in [2.24, 2.45) is 17.1 Å². The van der Waals surface area contributed by atoms with Crippen molar-refractivity contribution in [1.29, 1.82) is 0 Å². The summed E-state index contributed by atoms with van der Waals surface area (Å²) in [7, 11) is 1.69. The smallest absolute Gasteiger partial charge is 0.308 e. The van der Waals surface area contributed by atoms with Gasteiger partial charge in [-0.1, -0.05) is 60.6 Å². The van der Waals surface area contributed by atoms with Gasteiger partial charge in [0.2, 0.25) is 0 Å². The lowest BCUT2D eigenvalue weighted by Gasteiger charge is -2.17. The monoisotopic (exact) mass is 559 g/mol. The van der Waals surface area contributed by atoms with Crippen LogP contribution in [0.25, 0.3) is 16.6 Å². The Hall–Kier alpha value is -2.81. The Morgan fingerprint density at radius 2 is 1.80 bits per heavy atom. The number of hydrogen-bond acceptors (Lipinski definition) is 7. The van der Waals surface area contributed by atoms with Crippen LogP contribution in [0, 0.1) is 11.3 Å². The number of allylic oxidation sites excluding steroid dienone is 4. The van der Waals surface area contributed by atoms with Gasteiger partial charge in [0.25, 0.3) is 0 Å². The molecule has 8 heteroatoms. The van der Waals surface area contributed by atoms with Crippen molar-refractivity contribution in [3.63, 3.8) is 0 Å². The Morgan fingerprint density at radius 1 is 1.18 bits per heavy atom.